The first-order valence-electron chi connectivity index (χ1n) is 5.91. The van der Waals surface area contributed by atoms with Gasteiger partial charge in [-0.25, -0.2) is 0 Å². The number of nitro benzene ring substituents is 1. The third-order valence-electron chi connectivity index (χ3n) is 2.40. The number of rotatable bonds is 7. The highest BCUT2D eigenvalue weighted by Gasteiger charge is 2.02. The van der Waals surface area contributed by atoms with Crippen LogP contribution in [0.1, 0.15) is 18.4 Å². The maximum Gasteiger partial charge on any atom is 0.303 e. The van der Waals surface area contributed by atoms with Crippen LogP contribution in [-0.2, 0) is 9.59 Å². The summed E-state index contributed by atoms with van der Waals surface area (Å²) in [5, 5.41) is 21.4. The quantitative estimate of drug-likeness (QED) is 0.340. The molecule has 1 aromatic carbocycles. The largest absolute Gasteiger partial charge is 0.481 e. The van der Waals surface area contributed by atoms with E-state index in [2.05, 4.69) is 5.32 Å². The molecule has 20 heavy (non-hydrogen) atoms. The number of aliphatic carboxylic acids is 1. The van der Waals surface area contributed by atoms with Gasteiger partial charge in [-0.15, -0.1) is 0 Å². The van der Waals surface area contributed by atoms with E-state index in [9.17, 15) is 19.7 Å². The maximum atomic E-state index is 11.4. The predicted octanol–water partition coefficient (Wildman–Crippen LogP) is 1.59. The Labute approximate surface area is 115 Å². The van der Waals surface area contributed by atoms with Crippen LogP contribution in [0, 0.1) is 10.1 Å². The standard InChI is InChI=1S/C13H14N2O5/c16-12(14-9-1-2-13(17)18)8-5-10-3-6-11(7-4-10)15(19)20/h3-8H,1-2,9H2,(H,14,16)(H,17,18)/b8-5+. The molecule has 0 fully saturated rings. The second kappa shape index (κ2) is 7.67. The molecule has 1 aromatic rings. The minimum atomic E-state index is -0.902. The number of hydrogen-bond acceptors (Lipinski definition) is 4. The van der Waals surface area contributed by atoms with Gasteiger partial charge in [0.15, 0.2) is 0 Å². The Morgan fingerprint density at radius 3 is 2.50 bits per heavy atom. The van der Waals surface area contributed by atoms with Gasteiger partial charge in [-0.2, -0.15) is 0 Å². The molecule has 0 aliphatic carbocycles. The molecule has 0 aliphatic rings. The van der Waals surface area contributed by atoms with Crippen molar-refractivity contribution in [2.45, 2.75) is 12.8 Å². The van der Waals surface area contributed by atoms with Crippen LogP contribution >= 0.6 is 0 Å². The Hall–Kier alpha value is -2.70. The lowest BCUT2D eigenvalue weighted by molar-refractivity contribution is -0.384. The molecule has 7 heteroatoms. The first kappa shape index (κ1) is 15.4. The van der Waals surface area contributed by atoms with E-state index in [1.54, 1.807) is 0 Å². The molecule has 0 atom stereocenters. The van der Waals surface area contributed by atoms with Gasteiger partial charge in [0.2, 0.25) is 5.91 Å². The molecule has 0 aromatic heterocycles. The molecular weight excluding hydrogens is 264 g/mol. The van der Waals surface area contributed by atoms with Crippen molar-refractivity contribution in [2.75, 3.05) is 6.54 Å². The number of nitro groups is 1. The predicted molar refractivity (Wildman–Crippen MR) is 72.0 cm³/mol. The molecule has 0 radical (unpaired) electrons. The molecule has 2 N–H and O–H groups in total. The van der Waals surface area contributed by atoms with E-state index in [1.165, 1.54) is 36.4 Å². The van der Waals surface area contributed by atoms with Crippen molar-refractivity contribution in [1.82, 2.24) is 5.32 Å². The number of amides is 1. The number of non-ortho nitro benzene ring substituents is 1. The molecule has 7 nitrogen and oxygen atoms in total. The van der Waals surface area contributed by atoms with E-state index in [4.69, 9.17) is 5.11 Å². The first-order chi connectivity index (χ1) is 9.49. The number of nitrogens with zero attached hydrogens (tertiary/aromatic N) is 1. The molecule has 1 rings (SSSR count). The summed E-state index contributed by atoms with van der Waals surface area (Å²) in [5.74, 6) is -1.24. The average Bonchev–Trinajstić information content (AvgIpc) is 2.41. The SMILES string of the molecule is O=C(O)CCCNC(=O)/C=C/c1ccc([N+](=O)[O-])cc1. The second-order valence-electron chi connectivity index (χ2n) is 3.97. The monoisotopic (exact) mass is 278 g/mol. The van der Waals surface area contributed by atoms with Gasteiger partial charge in [0, 0.05) is 31.2 Å². The van der Waals surface area contributed by atoms with Crippen LogP contribution in [0.2, 0.25) is 0 Å². The highest BCUT2D eigenvalue weighted by atomic mass is 16.6. The summed E-state index contributed by atoms with van der Waals surface area (Å²) >= 11 is 0. The highest BCUT2D eigenvalue weighted by molar-refractivity contribution is 5.91. The summed E-state index contributed by atoms with van der Waals surface area (Å²) in [5.41, 5.74) is 0.650. The van der Waals surface area contributed by atoms with Crippen LogP contribution in [-0.4, -0.2) is 28.5 Å². The van der Waals surface area contributed by atoms with Gasteiger partial charge in [0.25, 0.3) is 5.69 Å². The lowest BCUT2D eigenvalue weighted by atomic mass is 10.2. The Bertz CT molecular complexity index is 522. The molecule has 106 valence electrons. The molecule has 0 unspecified atom stereocenters. The summed E-state index contributed by atoms with van der Waals surface area (Å²) in [6.07, 6.45) is 3.19. The van der Waals surface area contributed by atoms with Gasteiger partial charge in [-0.1, -0.05) is 0 Å². The average molecular weight is 278 g/mol. The molecule has 0 saturated heterocycles. The molecule has 1 amide bonds. The second-order valence-corrected chi connectivity index (χ2v) is 3.97. The van der Waals surface area contributed by atoms with E-state index in [1.807, 2.05) is 0 Å². The Kier molecular flexibility index (Phi) is 5.89. The maximum absolute atomic E-state index is 11.4. The van der Waals surface area contributed by atoms with Gasteiger partial charge in [-0.05, 0) is 30.2 Å². The summed E-state index contributed by atoms with van der Waals surface area (Å²) in [7, 11) is 0. The molecule has 0 aliphatic heterocycles. The molecule has 0 heterocycles. The third-order valence-corrected chi connectivity index (χ3v) is 2.40. The van der Waals surface area contributed by atoms with Crippen molar-refractivity contribution in [2.24, 2.45) is 0 Å². The smallest absolute Gasteiger partial charge is 0.303 e. The fraction of sp³-hybridized carbons (Fsp3) is 0.231. The van der Waals surface area contributed by atoms with Gasteiger partial charge in [0.1, 0.15) is 0 Å². The van der Waals surface area contributed by atoms with E-state index < -0.39 is 10.9 Å². The van der Waals surface area contributed by atoms with Crippen LogP contribution < -0.4 is 5.32 Å². The topological polar surface area (TPSA) is 110 Å². The van der Waals surface area contributed by atoms with Gasteiger partial charge in [0.05, 0.1) is 4.92 Å². The third kappa shape index (κ3) is 5.76. The zero-order valence-electron chi connectivity index (χ0n) is 10.6. The molecule has 0 bridgehead atoms. The number of carboxylic acid groups (broad SMARTS) is 1. The minimum Gasteiger partial charge on any atom is -0.481 e. The zero-order chi connectivity index (χ0) is 15.0. The number of nitrogens with one attached hydrogen (secondary N) is 1. The van der Waals surface area contributed by atoms with Gasteiger partial charge in [-0.3, -0.25) is 19.7 Å². The van der Waals surface area contributed by atoms with Crippen molar-refractivity contribution in [3.8, 4) is 0 Å². The normalized spacial score (nSPS) is 10.4. The molecular formula is C13H14N2O5. The summed E-state index contributed by atoms with van der Waals surface area (Å²) < 4.78 is 0. The van der Waals surface area contributed by atoms with E-state index in [0.29, 0.717) is 12.0 Å². The van der Waals surface area contributed by atoms with Crippen molar-refractivity contribution in [3.05, 3.63) is 46.0 Å². The van der Waals surface area contributed by atoms with Gasteiger partial charge < -0.3 is 10.4 Å². The van der Waals surface area contributed by atoms with Crippen molar-refractivity contribution >= 4 is 23.6 Å². The van der Waals surface area contributed by atoms with Crippen LogP contribution in [0.3, 0.4) is 0 Å². The lowest BCUT2D eigenvalue weighted by Gasteiger charge is -1.99. The van der Waals surface area contributed by atoms with Crippen LogP contribution in [0.4, 0.5) is 5.69 Å². The van der Waals surface area contributed by atoms with E-state index in [-0.39, 0.29) is 24.6 Å². The Morgan fingerprint density at radius 2 is 1.95 bits per heavy atom. The highest BCUT2D eigenvalue weighted by Crippen LogP contribution is 2.12. The number of carbonyl (C=O) groups excluding carboxylic acids is 1. The molecule has 0 spiro atoms. The Morgan fingerprint density at radius 1 is 1.30 bits per heavy atom. The Balaban J connectivity index is 2.41. The van der Waals surface area contributed by atoms with Gasteiger partial charge >= 0.3 is 5.97 Å². The minimum absolute atomic E-state index is 0.00630. The van der Waals surface area contributed by atoms with Crippen LogP contribution in [0.5, 0.6) is 0 Å². The summed E-state index contributed by atoms with van der Waals surface area (Å²) in [4.78, 5) is 31.6. The fourth-order valence-corrected chi connectivity index (χ4v) is 1.39. The fourth-order valence-electron chi connectivity index (χ4n) is 1.39. The van der Waals surface area contributed by atoms with E-state index in [0.717, 1.165) is 0 Å². The zero-order valence-corrected chi connectivity index (χ0v) is 10.6. The summed E-state index contributed by atoms with van der Waals surface area (Å²) in [6, 6.07) is 5.77. The number of carbonyl (C=O) groups is 2. The number of hydrogen-bond donors (Lipinski definition) is 2. The first-order valence-corrected chi connectivity index (χ1v) is 5.91. The van der Waals surface area contributed by atoms with Crippen molar-refractivity contribution in [1.29, 1.82) is 0 Å². The van der Waals surface area contributed by atoms with Crippen LogP contribution in [0.15, 0.2) is 30.3 Å². The van der Waals surface area contributed by atoms with Crippen molar-refractivity contribution in [3.63, 3.8) is 0 Å². The van der Waals surface area contributed by atoms with Crippen molar-refractivity contribution < 1.29 is 19.6 Å². The number of carboxylic acids is 1. The summed E-state index contributed by atoms with van der Waals surface area (Å²) in [6.45, 7) is 0.287. The molecule has 0 saturated carbocycles. The van der Waals surface area contributed by atoms with Crippen LogP contribution in [0.25, 0.3) is 6.08 Å². The number of benzene rings is 1. The van der Waals surface area contributed by atoms with E-state index >= 15 is 0 Å². The lowest BCUT2D eigenvalue weighted by Crippen LogP contribution is -2.22.